The van der Waals surface area contributed by atoms with Gasteiger partial charge < -0.3 is 26.0 Å². The van der Waals surface area contributed by atoms with E-state index in [4.69, 9.17) is 4.74 Å². The van der Waals surface area contributed by atoms with Crippen LogP contribution in [0.3, 0.4) is 0 Å². The number of anilines is 1. The third kappa shape index (κ3) is 9.51. The zero-order valence-corrected chi connectivity index (χ0v) is 16.9. The normalized spacial score (nSPS) is 10.1. The van der Waals surface area contributed by atoms with Crippen LogP contribution in [0.4, 0.5) is 15.3 Å². The zero-order valence-electron chi connectivity index (χ0n) is 16.9. The van der Waals surface area contributed by atoms with Gasteiger partial charge in [-0.3, -0.25) is 0 Å². The van der Waals surface area contributed by atoms with Gasteiger partial charge in [0.15, 0.2) is 0 Å². The fraction of sp³-hybridized carbons (Fsp3) is 0.364. The Labute approximate surface area is 172 Å². The molecule has 0 aliphatic heterocycles. The molecule has 4 amide bonds. The summed E-state index contributed by atoms with van der Waals surface area (Å²) in [4.78, 5) is 23.6. The summed E-state index contributed by atoms with van der Waals surface area (Å²) in [5.41, 5.74) is 1.80. The van der Waals surface area contributed by atoms with Gasteiger partial charge in [-0.15, -0.1) is 0 Å². The van der Waals surface area contributed by atoms with E-state index < -0.39 is 0 Å². The first-order valence-corrected chi connectivity index (χ1v) is 9.92. The number of benzene rings is 2. The maximum atomic E-state index is 11.8. The number of unbranched alkanes of at least 4 members (excludes halogenated alkanes) is 3. The number of methoxy groups -OCH3 is 1. The van der Waals surface area contributed by atoms with E-state index in [1.165, 1.54) is 0 Å². The second-order valence-electron chi connectivity index (χ2n) is 6.62. The Balaban J connectivity index is 1.43. The average Bonchev–Trinajstić information content (AvgIpc) is 2.75. The van der Waals surface area contributed by atoms with Crippen LogP contribution in [-0.2, 0) is 6.54 Å². The highest BCUT2D eigenvalue weighted by molar-refractivity contribution is 5.89. The molecule has 7 heteroatoms. The lowest BCUT2D eigenvalue weighted by molar-refractivity contribution is 0.240. The monoisotopic (exact) mass is 398 g/mol. The van der Waals surface area contributed by atoms with E-state index in [9.17, 15) is 9.59 Å². The summed E-state index contributed by atoms with van der Waals surface area (Å²) in [6.07, 6.45) is 3.81. The molecule has 0 radical (unpaired) electrons. The van der Waals surface area contributed by atoms with Crippen molar-refractivity contribution in [2.45, 2.75) is 32.2 Å². The third-order valence-electron chi connectivity index (χ3n) is 4.32. The minimum absolute atomic E-state index is 0.147. The van der Waals surface area contributed by atoms with E-state index in [1.807, 2.05) is 30.3 Å². The SMILES string of the molecule is COc1ccc(NC(=O)NCCCCCCNC(=O)NCc2ccccc2)cc1. The summed E-state index contributed by atoms with van der Waals surface area (Å²) in [6.45, 7) is 1.79. The van der Waals surface area contributed by atoms with Crippen LogP contribution in [0, 0.1) is 0 Å². The average molecular weight is 399 g/mol. The van der Waals surface area contributed by atoms with Crippen molar-refractivity contribution in [3.8, 4) is 5.75 Å². The number of nitrogens with one attached hydrogen (secondary N) is 4. The Morgan fingerprint density at radius 2 is 1.38 bits per heavy atom. The lowest BCUT2D eigenvalue weighted by Crippen LogP contribution is -2.35. The van der Waals surface area contributed by atoms with Crippen molar-refractivity contribution in [3.05, 3.63) is 60.2 Å². The van der Waals surface area contributed by atoms with Crippen LogP contribution in [0.25, 0.3) is 0 Å². The molecule has 0 saturated carbocycles. The van der Waals surface area contributed by atoms with Crippen LogP contribution in [0.2, 0.25) is 0 Å². The van der Waals surface area contributed by atoms with Crippen LogP contribution >= 0.6 is 0 Å². The van der Waals surface area contributed by atoms with Gasteiger partial charge in [0.25, 0.3) is 0 Å². The molecule has 0 saturated heterocycles. The van der Waals surface area contributed by atoms with Gasteiger partial charge in [0, 0.05) is 25.3 Å². The zero-order chi connectivity index (χ0) is 20.7. The van der Waals surface area contributed by atoms with E-state index in [0.717, 1.165) is 42.7 Å². The van der Waals surface area contributed by atoms with Crippen molar-refractivity contribution in [1.29, 1.82) is 0 Å². The Morgan fingerprint density at radius 1 is 0.759 bits per heavy atom. The first-order valence-electron chi connectivity index (χ1n) is 9.92. The van der Waals surface area contributed by atoms with Gasteiger partial charge in [-0.2, -0.15) is 0 Å². The molecule has 0 bridgehead atoms. The van der Waals surface area contributed by atoms with Gasteiger partial charge in [0.05, 0.1) is 7.11 Å². The van der Waals surface area contributed by atoms with Crippen molar-refractivity contribution in [2.24, 2.45) is 0 Å². The molecule has 29 heavy (non-hydrogen) atoms. The van der Waals surface area contributed by atoms with Crippen LogP contribution in [0.1, 0.15) is 31.2 Å². The molecule has 0 aliphatic carbocycles. The van der Waals surface area contributed by atoms with Gasteiger partial charge in [-0.1, -0.05) is 43.2 Å². The summed E-state index contributed by atoms with van der Waals surface area (Å²) in [7, 11) is 1.60. The van der Waals surface area contributed by atoms with Crippen molar-refractivity contribution in [3.63, 3.8) is 0 Å². The highest BCUT2D eigenvalue weighted by atomic mass is 16.5. The number of hydrogen-bond donors (Lipinski definition) is 4. The Morgan fingerprint density at radius 3 is 2.00 bits per heavy atom. The fourth-order valence-corrected chi connectivity index (χ4v) is 2.70. The summed E-state index contributed by atoms with van der Waals surface area (Å²) in [5.74, 6) is 0.749. The van der Waals surface area contributed by atoms with Gasteiger partial charge in [-0.05, 0) is 42.7 Å². The number of hydrogen-bond acceptors (Lipinski definition) is 3. The highest BCUT2D eigenvalue weighted by Crippen LogP contribution is 2.14. The molecule has 2 aromatic carbocycles. The molecular formula is C22H30N4O3. The molecular weight excluding hydrogens is 368 g/mol. The van der Waals surface area contributed by atoms with Gasteiger partial charge in [0.2, 0.25) is 0 Å². The second kappa shape index (κ2) is 13.0. The first kappa shape index (κ1) is 22.1. The van der Waals surface area contributed by atoms with E-state index in [-0.39, 0.29) is 12.1 Å². The Bertz CT molecular complexity index is 735. The molecule has 4 N–H and O–H groups in total. The molecule has 0 fully saturated rings. The van der Waals surface area contributed by atoms with Crippen molar-refractivity contribution in [1.82, 2.24) is 16.0 Å². The number of urea groups is 2. The van der Waals surface area contributed by atoms with Crippen molar-refractivity contribution in [2.75, 3.05) is 25.5 Å². The van der Waals surface area contributed by atoms with Crippen molar-refractivity contribution >= 4 is 17.7 Å². The molecule has 0 aromatic heterocycles. The first-order chi connectivity index (χ1) is 14.2. The summed E-state index contributed by atoms with van der Waals surface area (Å²) < 4.78 is 5.08. The minimum Gasteiger partial charge on any atom is -0.497 e. The fourth-order valence-electron chi connectivity index (χ4n) is 2.70. The lowest BCUT2D eigenvalue weighted by Gasteiger charge is -2.09. The molecule has 0 spiro atoms. The quantitative estimate of drug-likeness (QED) is 0.433. The minimum atomic E-state index is -0.216. The van der Waals surface area contributed by atoms with E-state index in [2.05, 4.69) is 21.3 Å². The number of carbonyl (C=O) groups excluding carboxylic acids is 2. The van der Waals surface area contributed by atoms with Crippen LogP contribution < -0.4 is 26.0 Å². The Hall–Kier alpha value is -3.22. The Kier molecular flexibility index (Phi) is 9.93. The molecule has 2 aromatic rings. The molecule has 2 rings (SSSR count). The maximum Gasteiger partial charge on any atom is 0.319 e. The molecule has 156 valence electrons. The molecule has 0 atom stereocenters. The molecule has 0 unspecified atom stereocenters. The largest absolute Gasteiger partial charge is 0.497 e. The third-order valence-corrected chi connectivity index (χ3v) is 4.32. The maximum absolute atomic E-state index is 11.8. The number of carbonyl (C=O) groups is 2. The van der Waals surface area contributed by atoms with E-state index in [0.29, 0.717) is 19.6 Å². The van der Waals surface area contributed by atoms with Crippen LogP contribution in [0.5, 0.6) is 5.75 Å². The summed E-state index contributed by atoms with van der Waals surface area (Å²) in [5, 5.41) is 11.3. The molecule has 7 nitrogen and oxygen atoms in total. The van der Waals surface area contributed by atoms with Crippen LogP contribution in [0.15, 0.2) is 54.6 Å². The van der Waals surface area contributed by atoms with Gasteiger partial charge in [0.1, 0.15) is 5.75 Å². The predicted octanol–water partition coefficient (Wildman–Crippen LogP) is 3.88. The topological polar surface area (TPSA) is 91.5 Å². The van der Waals surface area contributed by atoms with Gasteiger partial charge in [-0.25, -0.2) is 9.59 Å². The summed E-state index contributed by atoms with van der Waals surface area (Å²) in [6, 6.07) is 16.6. The lowest BCUT2D eigenvalue weighted by atomic mass is 10.2. The second-order valence-corrected chi connectivity index (χ2v) is 6.62. The van der Waals surface area contributed by atoms with E-state index >= 15 is 0 Å². The van der Waals surface area contributed by atoms with E-state index in [1.54, 1.807) is 31.4 Å². The van der Waals surface area contributed by atoms with Gasteiger partial charge >= 0.3 is 12.1 Å². The van der Waals surface area contributed by atoms with Crippen molar-refractivity contribution < 1.29 is 14.3 Å². The number of rotatable bonds is 11. The number of amides is 4. The highest BCUT2D eigenvalue weighted by Gasteiger charge is 2.02. The predicted molar refractivity (Wildman–Crippen MR) is 115 cm³/mol. The smallest absolute Gasteiger partial charge is 0.319 e. The molecule has 0 aliphatic rings. The number of ether oxygens (including phenoxy) is 1. The van der Waals surface area contributed by atoms with Crippen LogP contribution in [-0.4, -0.2) is 32.3 Å². The standard InChI is InChI=1S/C22H30N4O3/c1-29-20-13-11-19(12-14-20)26-22(28)24-16-8-3-2-7-15-23-21(27)25-17-18-9-5-4-6-10-18/h4-6,9-14H,2-3,7-8,15-17H2,1H3,(H2,23,25,27)(H2,24,26,28). The molecule has 0 heterocycles. The summed E-state index contributed by atoms with van der Waals surface area (Å²) >= 11 is 0.